The van der Waals surface area contributed by atoms with Crippen molar-refractivity contribution in [1.29, 1.82) is 0 Å². The van der Waals surface area contributed by atoms with Crippen molar-refractivity contribution in [3.8, 4) is 68.3 Å². The Morgan fingerprint density at radius 3 is 1.55 bits per heavy atom. The highest BCUT2D eigenvalue weighted by atomic mass is 35.5. The minimum atomic E-state index is 0.148. The number of nitrogens with zero attached hydrogens (tertiary/aromatic N) is 8. The average Bonchev–Trinajstić information content (AvgIpc) is 4.03. The van der Waals surface area contributed by atoms with Gasteiger partial charge in [0.15, 0.2) is 23.3 Å². The highest BCUT2D eigenvalue weighted by molar-refractivity contribution is 7.25. The number of fused-ring (bicyclic) bond motifs is 9. The molecule has 0 aliphatic heterocycles. The molecule has 0 aliphatic rings. The van der Waals surface area contributed by atoms with Crippen LogP contribution in [0.25, 0.3) is 121 Å². The number of aromatic nitrogens is 8. The smallest absolute Gasteiger partial charge is 0.239 e. The van der Waals surface area contributed by atoms with Gasteiger partial charge >= 0.3 is 0 Å². The SMILES string of the molecule is Clc1nc(-c2ccccc2)nc(-c2cccc(-c3cccc(-n4c5sc6c(c7ccccc7n6-c6nc(-c7ccccc7)nc(-c7ccccc7)n6)c5c5ccc6ccccc6c54)c3)c2)n1. The maximum absolute atomic E-state index is 6.51. The Hall–Kier alpha value is -8.37. The van der Waals surface area contributed by atoms with Gasteiger partial charge in [-0.3, -0.25) is 4.57 Å². The molecule has 0 aliphatic carbocycles. The Labute approximate surface area is 386 Å². The fourth-order valence-corrected chi connectivity index (χ4v) is 10.7. The summed E-state index contributed by atoms with van der Waals surface area (Å²) in [7, 11) is 0. The third kappa shape index (κ3) is 6.28. The summed E-state index contributed by atoms with van der Waals surface area (Å²) < 4.78 is 4.67. The molecule has 0 atom stereocenters. The number of rotatable bonds is 7. The second-order valence-corrected chi connectivity index (χ2v) is 17.4. The molecule has 10 heteroatoms. The molecular weight excluding hydrogens is 852 g/mol. The third-order valence-electron chi connectivity index (χ3n) is 12.2. The van der Waals surface area contributed by atoms with Crippen molar-refractivity contribution in [2.75, 3.05) is 0 Å². The summed E-state index contributed by atoms with van der Waals surface area (Å²) in [6, 6.07) is 68.9. The van der Waals surface area contributed by atoms with E-state index >= 15 is 0 Å². The Morgan fingerprint density at radius 1 is 0.364 bits per heavy atom. The molecule has 0 spiro atoms. The molecule has 0 unspecified atom stereocenters. The van der Waals surface area contributed by atoms with Gasteiger partial charge in [-0.05, 0) is 52.4 Å². The van der Waals surface area contributed by atoms with Crippen LogP contribution in [-0.2, 0) is 0 Å². The lowest BCUT2D eigenvalue weighted by Crippen LogP contribution is -2.06. The Bertz CT molecular complexity index is 3960. The normalized spacial score (nSPS) is 11.7. The van der Waals surface area contributed by atoms with E-state index in [0.717, 1.165) is 65.1 Å². The maximum Gasteiger partial charge on any atom is 0.239 e. The van der Waals surface area contributed by atoms with Crippen molar-refractivity contribution < 1.29 is 0 Å². The first-order valence-electron chi connectivity index (χ1n) is 21.6. The van der Waals surface area contributed by atoms with Crippen molar-refractivity contribution in [1.82, 2.24) is 39.0 Å². The van der Waals surface area contributed by atoms with Gasteiger partial charge in [0.1, 0.15) is 9.66 Å². The minimum Gasteiger partial charge on any atom is -0.300 e. The summed E-state index contributed by atoms with van der Waals surface area (Å²) in [4.78, 5) is 31.5. The van der Waals surface area contributed by atoms with Crippen molar-refractivity contribution in [3.05, 3.63) is 205 Å². The van der Waals surface area contributed by atoms with Crippen LogP contribution >= 0.6 is 22.9 Å². The van der Waals surface area contributed by atoms with Gasteiger partial charge in [0.05, 0.1) is 11.0 Å². The third-order valence-corrected chi connectivity index (χ3v) is 13.5. The van der Waals surface area contributed by atoms with Crippen LogP contribution in [-0.4, -0.2) is 39.0 Å². The van der Waals surface area contributed by atoms with E-state index in [4.69, 9.17) is 31.5 Å². The van der Waals surface area contributed by atoms with Crippen molar-refractivity contribution in [2.24, 2.45) is 0 Å². The highest BCUT2D eigenvalue weighted by Gasteiger charge is 2.26. The zero-order valence-electron chi connectivity index (χ0n) is 34.9. The van der Waals surface area contributed by atoms with E-state index < -0.39 is 0 Å². The number of hydrogen-bond acceptors (Lipinski definition) is 7. The Morgan fingerprint density at radius 2 is 0.864 bits per heavy atom. The minimum absolute atomic E-state index is 0.148. The fraction of sp³-hybridized carbons (Fsp3) is 0. The number of halogens is 1. The Balaban J connectivity index is 1.04. The van der Waals surface area contributed by atoms with Gasteiger partial charge in [-0.1, -0.05) is 187 Å². The second-order valence-electron chi connectivity index (χ2n) is 16.1. The lowest BCUT2D eigenvalue weighted by Gasteiger charge is -2.12. The molecule has 8 nitrogen and oxygen atoms in total. The van der Waals surface area contributed by atoms with E-state index in [9.17, 15) is 0 Å². The molecular formula is C56H33ClN8S. The predicted molar refractivity (Wildman–Crippen MR) is 269 cm³/mol. The van der Waals surface area contributed by atoms with E-state index in [2.05, 4.69) is 116 Å². The van der Waals surface area contributed by atoms with Crippen molar-refractivity contribution in [3.63, 3.8) is 0 Å². The summed E-state index contributed by atoms with van der Waals surface area (Å²) in [5.74, 6) is 2.84. The maximum atomic E-state index is 6.51. The number of hydrogen-bond donors (Lipinski definition) is 0. The fourth-order valence-electron chi connectivity index (χ4n) is 9.21. The highest BCUT2D eigenvalue weighted by Crippen LogP contribution is 2.49. The van der Waals surface area contributed by atoms with Gasteiger partial charge in [0, 0.05) is 54.9 Å². The standard InChI is InChI=1S/C56H33ClN8S/c57-55-60-49(35-17-4-1-5-18-35)58-52(61-55)40-25-14-23-38(32-40)39-24-15-26-41(33-39)64-48-42-27-11-10-16-34(42)30-31-44(48)47-46-43-28-12-13-29-45(43)65(54(46)66-53(47)64)56-62-50(36-19-6-2-7-20-36)59-51(63-56)37-21-8-3-9-22-37/h1-33H. The molecule has 0 bridgehead atoms. The van der Waals surface area contributed by atoms with E-state index in [1.54, 1.807) is 11.3 Å². The van der Waals surface area contributed by atoms with E-state index in [1.807, 2.05) is 103 Å². The van der Waals surface area contributed by atoms with Gasteiger partial charge in [-0.15, -0.1) is 0 Å². The molecule has 0 saturated heterocycles. The summed E-state index contributed by atoms with van der Waals surface area (Å²) >= 11 is 8.27. The molecule has 0 N–H and O–H groups in total. The molecule has 0 amide bonds. The predicted octanol–water partition coefficient (Wildman–Crippen LogP) is 14.5. The van der Waals surface area contributed by atoms with E-state index in [-0.39, 0.29) is 5.28 Å². The number of benzene rings is 8. The van der Waals surface area contributed by atoms with Crippen LogP contribution in [0.4, 0.5) is 0 Å². The van der Waals surface area contributed by atoms with Crippen LogP contribution in [0, 0.1) is 0 Å². The molecule has 0 radical (unpaired) electrons. The number of thiophene rings is 1. The summed E-state index contributed by atoms with van der Waals surface area (Å²) in [5.41, 5.74) is 8.87. The molecule has 5 heterocycles. The van der Waals surface area contributed by atoms with Crippen molar-refractivity contribution >= 4 is 75.9 Å². The lowest BCUT2D eigenvalue weighted by atomic mass is 10.0. The Kier molecular flexibility index (Phi) is 8.90. The first kappa shape index (κ1) is 38.1. The lowest BCUT2D eigenvalue weighted by molar-refractivity contribution is 0.957. The van der Waals surface area contributed by atoms with Gasteiger partial charge in [-0.25, -0.2) is 9.97 Å². The van der Waals surface area contributed by atoms with E-state index in [0.29, 0.717) is 29.2 Å². The number of para-hydroxylation sites is 1. The van der Waals surface area contributed by atoms with Crippen LogP contribution in [0.1, 0.15) is 0 Å². The van der Waals surface area contributed by atoms with Crippen LogP contribution in [0.2, 0.25) is 5.28 Å². The van der Waals surface area contributed by atoms with Crippen LogP contribution in [0.3, 0.4) is 0 Å². The first-order valence-corrected chi connectivity index (χ1v) is 22.8. The zero-order chi connectivity index (χ0) is 43.7. The van der Waals surface area contributed by atoms with Crippen LogP contribution in [0.5, 0.6) is 0 Å². The summed E-state index contributed by atoms with van der Waals surface area (Å²) in [5, 5.41) is 7.18. The van der Waals surface area contributed by atoms with Crippen LogP contribution in [0.15, 0.2) is 200 Å². The molecule has 0 fully saturated rings. The molecule has 8 aromatic carbocycles. The average molecular weight is 885 g/mol. The molecule has 5 aromatic heterocycles. The molecule has 0 saturated carbocycles. The van der Waals surface area contributed by atoms with Gasteiger partial charge < -0.3 is 4.57 Å². The largest absolute Gasteiger partial charge is 0.300 e. The molecule has 13 aromatic rings. The van der Waals surface area contributed by atoms with Gasteiger partial charge in [0.2, 0.25) is 11.2 Å². The topological polar surface area (TPSA) is 87.2 Å². The first-order chi connectivity index (χ1) is 32.6. The van der Waals surface area contributed by atoms with Gasteiger partial charge in [-0.2, -0.15) is 19.9 Å². The van der Waals surface area contributed by atoms with Gasteiger partial charge in [0.25, 0.3) is 0 Å². The quantitative estimate of drug-likeness (QED) is 0.158. The molecule has 13 rings (SSSR count). The molecule has 66 heavy (non-hydrogen) atoms. The second kappa shape index (κ2) is 15.4. The summed E-state index contributed by atoms with van der Waals surface area (Å²) in [6.45, 7) is 0. The van der Waals surface area contributed by atoms with E-state index in [1.165, 1.54) is 26.9 Å². The zero-order valence-corrected chi connectivity index (χ0v) is 36.5. The van der Waals surface area contributed by atoms with Crippen molar-refractivity contribution in [2.45, 2.75) is 0 Å². The monoisotopic (exact) mass is 884 g/mol. The van der Waals surface area contributed by atoms with Crippen LogP contribution < -0.4 is 0 Å². The summed E-state index contributed by atoms with van der Waals surface area (Å²) in [6.07, 6.45) is 0. The molecule has 310 valence electrons.